The number of nitrogens with one attached hydrogen (secondary N) is 1. The van der Waals surface area contributed by atoms with Crippen LogP contribution in [0.5, 0.6) is 5.75 Å². The molecule has 4 nitrogen and oxygen atoms in total. The second-order valence-corrected chi connectivity index (χ2v) is 4.57. The summed E-state index contributed by atoms with van der Waals surface area (Å²) in [5.74, 6) is 0.473. The number of thiocarbonyl (C=S) groups is 1. The Kier molecular flexibility index (Phi) is 4.15. The van der Waals surface area contributed by atoms with Gasteiger partial charge in [-0.05, 0) is 43.3 Å². The summed E-state index contributed by atoms with van der Waals surface area (Å²) in [6.07, 6.45) is 2.27. The molecule has 1 aliphatic rings. The van der Waals surface area contributed by atoms with Gasteiger partial charge in [0.05, 0.1) is 7.11 Å². The highest BCUT2D eigenvalue weighted by Gasteiger charge is 2.17. The van der Waals surface area contributed by atoms with Crippen molar-refractivity contribution in [1.29, 1.82) is 0 Å². The topological polar surface area (TPSA) is 41.6 Å². The molecule has 1 saturated heterocycles. The predicted octanol–water partition coefficient (Wildman–Crippen LogP) is 1.81. The summed E-state index contributed by atoms with van der Waals surface area (Å²) in [5.41, 5.74) is 0.552. The summed E-state index contributed by atoms with van der Waals surface area (Å²) < 4.78 is 5.09. The number of rotatable bonds is 2. The minimum Gasteiger partial charge on any atom is -0.497 e. The number of benzene rings is 1. The van der Waals surface area contributed by atoms with Crippen LogP contribution in [0, 0.1) is 0 Å². The molecule has 5 heteroatoms. The number of methoxy groups -OCH3 is 1. The molecule has 1 fully saturated rings. The Morgan fingerprint density at radius 1 is 1.39 bits per heavy atom. The Hall–Kier alpha value is -1.62. The molecule has 0 spiro atoms. The second-order valence-electron chi connectivity index (χ2n) is 4.19. The van der Waals surface area contributed by atoms with Crippen LogP contribution in [-0.2, 0) is 0 Å². The van der Waals surface area contributed by atoms with Gasteiger partial charge in [0.2, 0.25) is 0 Å². The number of carbonyl (C=O) groups is 1. The maximum Gasteiger partial charge on any atom is 0.257 e. The monoisotopic (exact) mass is 264 g/mol. The largest absolute Gasteiger partial charge is 0.497 e. The normalized spacial score (nSPS) is 14.4. The Morgan fingerprint density at radius 2 is 2.11 bits per heavy atom. The zero-order chi connectivity index (χ0) is 13.0. The van der Waals surface area contributed by atoms with Crippen LogP contribution >= 0.6 is 12.2 Å². The molecule has 96 valence electrons. The Bertz CT molecular complexity index is 456. The lowest BCUT2D eigenvalue weighted by atomic mass is 10.2. The molecule has 0 radical (unpaired) electrons. The lowest BCUT2D eigenvalue weighted by molar-refractivity contribution is 0.0973. The molecule has 1 aliphatic heterocycles. The van der Waals surface area contributed by atoms with Gasteiger partial charge in [-0.15, -0.1) is 0 Å². The average Bonchev–Trinajstić information content (AvgIpc) is 2.92. The van der Waals surface area contributed by atoms with Crippen molar-refractivity contribution in [3.8, 4) is 5.75 Å². The van der Waals surface area contributed by atoms with Gasteiger partial charge in [0.1, 0.15) is 5.75 Å². The molecular weight excluding hydrogens is 248 g/mol. The number of amides is 1. The number of likely N-dealkylation sites (tertiary alicyclic amines) is 1. The minimum atomic E-state index is -0.189. The van der Waals surface area contributed by atoms with Gasteiger partial charge in [-0.3, -0.25) is 10.1 Å². The predicted molar refractivity (Wildman–Crippen MR) is 73.9 cm³/mol. The van der Waals surface area contributed by atoms with E-state index in [2.05, 4.69) is 5.32 Å². The molecule has 0 unspecified atom stereocenters. The molecule has 18 heavy (non-hydrogen) atoms. The standard InChI is InChI=1S/C13H16N2O2S/c1-17-11-6-4-5-10(9-11)12(16)14-13(18)15-7-2-3-8-15/h4-6,9H,2-3,7-8H2,1H3,(H,14,16,18). The molecule has 0 bridgehead atoms. The van der Waals surface area contributed by atoms with Crippen LogP contribution in [0.3, 0.4) is 0 Å². The van der Waals surface area contributed by atoms with E-state index in [0.29, 0.717) is 16.4 Å². The van der Waals surface area contributed by atoms with Gasteiger partial charge >= 0.3 is 0 Å². The van der Waals surface area contributed by atoms with Gasteiger partial charge in [-0.25, -0.2) is 0 Å². The maximum absolute atomic E-state index is 12.0. The molecule has 0 aromatic heterocycles. The van der Waals surface area contributed by atoms with Crippen molar-refractivity contribution in [2.24, 2.45) is 0 Å². The van der Waals surface area contributed by atoms with Crippen LogP contribution in [0.4, 0.5) is 0 Å². The summed E-state index contributed by atoms with van der Waals surface area (Å²) >= 11 is 5.21. The van der Waals surface area contributed by atoms with Crippen molar-refractivity contribution in [2.75, 3.05) is 20.2 Å². The first kappa shape index (κ1) is 12.8. The van der Waals surface area contributed by atoms with E-state index in [4.69, 9.17) is 17.0 Å². The summed E-state index contributed by atoms with van der Waals surface area (Å²) in [6.45, 7) is 1.86. The van der Waals surface area contributed by atoms with Crippen molar-refractivity contribution >= 4 is 23.2 Å². The van der Waals surface area contributed by atoms with Gasteiger partial charge in [-0.1, -0.05) is 6.07 Å². The molecule has 0 atom stereocenters. The highest BCUT2D eigenvalue weighted by molar-refractivity contribution is 7.80. The summed E-state index contributed by atoms with van der Waals surface area (Å²) in [7, 11) is 1.58. The van der Waals surface area contributed by atoms with Gasteiger partial charge in [0, 0.05) is 18.7 Å². The summed E-state index contributed by atoms with van der Waals surface area (Å²) in [5, 5.41) is 3.27. The van der Waals surface area contributed by atoms with Crippen molar-refractivity contribution in [2.45, 2.75) is 12.8 Å². The third kappa shape index (κ3) is 2.98. The SMILES string of the molecule is COc1cccc(C(=O)NC(=S)N2CCCC2)c1. The molecule has 2 rings (SSSR count). The lowest BCUT2D eigenvalue weighted by Crippen LogP contribution is -2.41. The van der Waals surface area contributed by atoms with Crippen molar-refractivity contribution in [1.82, 2.24) is 10.2 Å². The third-order valence-corrected chi connectivity index (χ3v) is 3.31. The Morgan fingerprint density at radius 3 is 2.78 bits per heavy atom. The van der Waals surface area contributed by atoms with E-state index in [0.717, 1.165) is 25.9 Å². The van der Waals surface area contributed by atoms with E-state index in [1.165, 1.54) is 0 Å². The summed E-state index contributed by atoms with van der Waals surface area (Å²) in [4.78, 5) is 14.0. The van der Waals surface area contributed by atoms with E-state index in [9.17, 15) is 4.79 Å². The molecule has 1 heterocycles. The van der Waals surface area contributed by atoms with Crippen LogP contribution in [0.15, 0.2) is 24.3 Å². The van der Waals surface area contributed by atoms with Crippen molar-refractivity contribution < 1.29 is 9.53 Å². The summed E-state index contributed by atoms with van der Waals surface area (Å²) in [6, 6.07) is 7.02. The molecule has 1 amide bonds. The fraction of sp³-hybridized carbons (Fsp3) is 0.385. The average molecular weight is 264 g/mol. The number of carbonyl (C=O) groups excluding carboxylic acids is 1. The lowest BCUT2D eigenvalue weighted by Gasteiger charge is -2.18. The van der Waals surface area contributed by atoms with Gasteiger partial charge < -0.3 is 9.64 Å². The highest BCUT2D eigenvalue weighted by atomic mass is 32.1. The van der Waals surface area contributed by atoms with Crippen LogP contribution in [0.25, 0.3) is 0 Å². The molecule has 0 saturated carbocycles. The molecule has 1 aromatic rings. The van der Waals surface area contributed by atoms with Gasteiger partial charge in [-0.2, -0.15) is 0 Å². The fourth-order valence-electron chi connectivity index (χ4n) is 1.93. The van der Waals surface area contributed by atoms with E-state index < -0.39 is 0 Å². The maximum atomic E-state index is 12.0. The molecule has 1 aromatic carbocycles. The minimum absolute atomic E-state index is 0.189. The van der Waals surface area contributed by atoms with Crippen LogP contribution in [0.1, 0.15) is 23.2 Å². The highest BCUT2D eigenvalue weighted by Crippen LogP contribution is 2.13. The fourth-order valence-corrected chi connectivity index (χ4v) is 2.21. The smallest absolute Gasteiger partial charge is 0.257 e. The second kappa shape index (κ2) is 5.82. The van der Waals surface area contributed by atoms with E-state index in [1.54, 1.807) is 31.4 Å². The van der Waals surface area contributed by atoms with Crippen LogP contribution in [-0.4, -0.2) is 36.1 Å². The third-order valence-electron chi connectivity index (χ3n) is 2.95. The zero-order valence-corrected chi connectivity index (χ0v) is 11.1. The van der Waals surface area contributed by atoms with Crippen molar-refractivity contribution in [3.05, 3.63) is 29.8 Å². The molecule has 0 aliphatic carbocycles. The van der Waals surface area contributed by atoms with Crippen LogP contribution in [0.2, 0.25) is 0 Å². The molecular formula is C13H16N2O2S. The number of nitrogens with zero attached hydrogens (tertiary/aromatic N) is 1. The van der Waals surface area contributed by atoms with E-state index in [1.807, 2.05) is 4.90 Å². The quantitative estimate of drug-likeness (QED) is 0.827. The van der Waals surface area contributed by atoms with Crippen LogP contribution < -0.4 is 10.1 Å². The van der Waals surface area contributed by atoms with Gasteiger partial charge in [0.15, 0.2) is 5.11 Å². The Balaban J connectivity index is 2.00. The first-order valence-corrected chi connectivity index (χ1v) is 6.36. The molecule has 1 N–H and O–H groups in total. The number of hydrogen-bond acceptors (Lipinski definition) is 3. The van der Waals surface area contributed by atoms with E-state index in [-0.39, 0.29) is 5.91 Å². The number of hydrogen-bond donors (Lipinski definition) is 1. The van der Waals surface area contributed by atoms with Gasteiger partial charge in [0.25, 0.3) is 5.91 Å². The number of ether oxygens (including phenoxy) is 1. The first-order chi connectivity index (χ1) is 8.70. The first-order valence-electron chi connectivity index (χ1n) is 5.95. The van der Waals surface area contributed by atoms with Crippen molar-refractivity contribution in [3.63, 3.8) is 0 Å². The zero-order valence-electron chi connectivity index (χ0n) is 10.3. The van der Waals surface area contributed by atoms with E-state index >= 15 is 0 Å². The Labute approximate surface area is 112 Å².